The summed E-state index contributed by atoms with van der Waals surface area (Å²) < 4.78 is 4.54. The van der Waals surface area contributed by atoms with Gasteiger partial charge in [0.2, 0.25) is 0 Å². The van der Waals surface area contributed by atoms with Gasteiger partial charge in [-0.25, -0.2) is 4.79 Å². The highest BCUT2D eigenvalue weighted by molar-refractivity contribution is 14.1. The fraction of sp³-hybridized carbons (Fsp3) is 0.500. The number of halogens is 1. The van der Waals surface area contributed by atoms with E-state index < -0.39 is 17.5 Å². The van der Waals surface area contributed by atoms with Crippen LogP contribution >= 0.6 is 22.6 Å². The van der Waals surface area contributed by atoms with Gasteiger partial charge in [0.1, 0.15) is 0 Å². The lowest BCUT2D eigenvalue weighted by atomic mass is 10.3. The molecule has 0 N–H and O–H groups in total. The quantitative estimate of drug-likeness (QED) is 0.141. The lowest BCUT2D eigenvalue weighted by Gasteiger charge is -1.93. The summed E-state index contributed by atoms with van der Waals surface area (Å²) in [4.78, 5) is 24.3. The third kappa shape index (κ3) is 3.10. The maximum Gasteiger partial charge on any atom is 0.442 e. The molecule has 66 valence electrons. The monoisotopic (exact) mass is 282 g/mol. The first-order valence-corrected chi connectivity index (χ1v) is 4.68. The average Bonchev–Trinajstić information content (AvgIpc) is 2.06. The Labute approximate surface area is 82.8 Å². The second-order valence-corrected chi connectivity index (χ2v) is 2.49. The fourth-order valence-electron chi connectivity index (χ4n) is 0.473. The molecule has 0 aromatic carbocycles. The lowest BCUT2D eigenvalue weighted by molar-refractivity contribution is -0.141. The summed E-state index contributed by atoms with van der Waals surface area (Å²) in [6, 6.07) is 0. The molecule has 6 heteroatoms. The van der Waals surface area contributed by atoms with E-state index in [4.69, 9.17) is 5.53 Å². The molecule has 0 atom stereocenters. The molecular formula is C6H7IN2O3. The standard InChI is InChI=1S/C6H7IN2O3/c1-2-12-6(11)5(9-8)4(10)3-7/h2-3H2,1H3. The topological polar surface area (TPSA) is 79.8 Å². The summed E-state index contributed by atoms with van der Waals surface area (Å²) >= 11 is 1.76. The summed E-state index contributed by atoms with van der Waals surface area (Å²) in [5, 5.41) is 0. The molecule has 0 heterocycles. The van der Waals surface area contributed by atoms with Crippen LogP contribution < -0.4 is 0 Å². The Balaban J connectivity index is 4.48. The van der Waals surface area contributed by atoms with Gasteiger partial charge in [-0.15, -0.1) is 0 Å². The number of hydrogen-bond acceptors (Lipinski definition) is 3. The highest BCUT2D eigenvalue weighted by Crippen LogP contribution is 1.89. The average molecular weight is 282 g/mol. The number of esters is 1. The number of nitrogens with zero attached hydrogens (tertiary/aromatic N) is 2. The van der Waals surface area contributed by atoms with E-state index in [1.165, 1.54) is 0 Å². The number of hydrogen-bond donors (Lipinski definition) is 0. The van der Waals surface area contributed by atoms with E-state index in [9.17, 15) is 9.59 Å². The second kappa shape index (κ2) is 5.84. The van der Waals surface area contributed by atoms with Gasteiger partial charge in [-0.3, -0.25) is 4.79 Å². The zero-order valence-corrected chi connectivity index (χ0v) is 8.57. The Morgan fingerprint density at radius 3 is 2.50 bits per heavy atom. The molecule has 0 amide bonds. The molecule has 0 saturated carbocycles. The molecule has 5 nitrogen and oxygen atoms in total. The molecule has 0 radical (unpaired) electrons. The minimum Gasteiger partial charge on any atom is -0.457 e. The highest BCUT2D eigenvalue weighted by Gasteiger charge is 2.29. The number of ether oxygens (including phenoxy) is 1. The zero-order chi connectivity index (χ0) is 9.56. The van der Waals surface area contributed by atoms with Gasteiger partial charge in [-0.05, 0) is 6.92 Å². The molecule has 12 heavy (non-hydrogen) atoms. The Hall–Kier alpha value is -0.750. The molecule has 0 saturated heterocycles. The molecule has 0 spiro atoms. The summed E-state index contributed by atoms with van der Waals surface area (Å²) in [6.45, 7) is 1.74. The van der Waals surface area contributed by atoms with Crippen LogP contribution in [0.25, 0.3) is 5.53 Å². The van der Waals surface area contributed by atoms with Crippen molar-refractivity contribution in [3.63, 3.8) is 0 Å². The largest absolute Gasteiger partial charge is 0.457 e. The van der Waals surface area contributed by atoms with Crippen LogP contribution in [0.1, 0.15) is 6.92 Å². The Bertz CT molecular complexity index is 245. The van der Waals surface area contributed by atoms with Crippen LogP contribution in [-0.2, 0) is 14.3 Å². The predicted octanol–water partition coefficient (Wildman–Crippen LogP) is 0.224. The molecule has 0 fully saturated rings. The SMILES string of the molecule is CCOC(=O)C(=[N+]=[N-])C(=O)CI. The number of alkyl halides is 1. The summed E-state index contributed by atoms with van der Waals surface area (Å²) in [5.41, 5.74) is 7.74. The van der Waals surface area contributed by atoms with Gasteiger partial charge >= 0.3 is 11.7 Å². The molecule has 0 unspecified atom stereocenters. The van der Waals surface area contributed by atoms with E-state index in [0.717, 1.165) is 0 Å². The molecular weight excluding hydrogens is 275 g/mol. The molecule has 0 aliphatic heterocycles. The summed E-state index contributed by atoms with van der Waals surface area (Å²) in [6.07, 6.45) is 0. The molecule has 0 aliphatic rings. The van der Waals surface area contributed by atoms with Gasteiger partial charge in [0.05, 0.1) is 11.0 Å². The third-order valence-electron chi connectivity index (χ3n) is 0.954. The van der Waals surface area contributed by atoms with E-state index >= 15 is 0 Å². The predicted molar refractivity (Wildman–Crippen MR) is 49.2 cm³/mol. The second-order valence-electron chi connectivity index (χ2n) is 1.73. The van der Waals surface area contributed by atoms with Crippen molar-refractivity contribution < 1.29 is 19.1 Å². The van der Waals surface area contributed by atoms with Crippen molar-refractivity contribution in [1.29, 1.82) is 0 Å². The first-order chi connectivity index (χ1) is 5.67. The summed E-state index contributed by atoms with van der Waals surface area (Å²) in [7, 11) is 0. The number of carbonyl (C=O) groups excluding carboxylic acids is 2. The summed E-state index contributed by atoms with van der Waals surface area (Å²) in [5.74, 6) is -1.43. The van der Waals surface area contributed by atoms with Crippen molar-refractivity contribution in [2.45, 2.75) is 6.92 Å². The van der Waals surface area contributed by atoms with Gasteiger partial charge in [-0.1, -0.05) is 22.6 Å². The van der Waals surface area contributed by atoms with Gasteiger partial charge in [0, 0.05) is 0 Å². The van der Waals surface area contributed by atoms with Crippen molar-refractivity contribution in [3.05, 3.63) is 5.53 Å². The van der Waals surface area contributed by atoms with Crippen LogP contribution in [0.4, 0.5) is 0 Å². The Morgan fingerprint density at radius 1 is 1.58 bits per heavy atom. The Morgan fingerprint density at radius 2 is 2.17 bits per heavy atom. The van der Waals surface area contributed by atoms with Crippen LogP contribution in [-0.4, -0.2) is 33.3 Å². The van der Waals surface area contributed by atoms with Crippen LogP contribution in [0.15, 0.2) is 0 Å². The third-order valence-corrected chi connectivity index (χ3v) is 1.65. The van der Waals surface area contributed by atoms with Crippen molar-refractivity contribution in [2.24, 2.45) is 0 Å². The van der Waals surface area contributed by atoms with Crippen LogP contribution in [0, 0.1) is 0 Å². The van der Waals surface area contributed by atoms with Gasteiger partial charge in [0.25, 0.3) is 5.78 Å². The first-order valence-electron chi connectivity index (χ1n) is 3.15. The van der Waals surface area contributed by atoms with E-state index in [1.54, 1.807) is 29.5 Å². The number of carbonyl (C=O) groups is 2. The highest BCUT2D eigenvalue weighted by atomic mass is 127. The number of Topliss-reactive ketones (excluding diaryl/α,β-unsaturated/α-hetero) is 1. The molecule has 0 rings (SSSR count). The van der Waals surface area contributed by atoms with E-state index in [0.29, 0.717) is 0 Å². The van der Waals surface area contributed by atoms with Crippen molar-refractivity contribution in [2.75, 3.05) is 11.0 Å². The molecule has 0 aromatic rings. The Kier molecular flexibility index (Phi) is 5.48. The van der Waals surface area contributed by atoms with Crippen LogP contribution in [0.5, 0.6) is 0 Å². The van der Waals surface area contributed by atoms with Crippen molar-refractivity contribution in [3.8, 4) is 0 Å². The lowest BCUT2D eigenvalue weighted by Crippen LogP contribution is -2.28. The maximum atomic E-state index is 10.9. The van der Waals surface area contributed by atoms with Crippen LogP contribution in [0.3, 0.4) is 0 Å². The smallest absolute Gasteiger partial charge is 0.442 e. The molecule has 0 bridgehead atoms. The fourth-order valence-corrected chi connectivity index (χ4v) is 0.834. The minimum absolute atomic E-state index is 0.0793. The van der Waals surface area contributed by atoms with Crippen molar-refractivity contribution >= 4 is 40.1 Å². The van der Waals surface area contributed by atoms with Crippen molar-refractivity contribution in [1.82, 2.24) is 0 Å². The minimum atomic E-state index is -0.887. The molecule has 0 aromatic heterocycles. The maximum absolute atomic E-state index is 10.9. The van der Waals surface area contributed by atoms with Gasteiger partial charge in [-0.2, -0.15) is 4.79 Å². The normalized spacial score (nSPS) is 8.50. The number of rotatable bonds is 4. The van der Waals surface area contributed by atoms with E-state index in [-0.39, 0.29) is 11.0 Å². The molecule has 0 aliphatic carbocycles. The number of ketones is 1. The van der Waals surface area contributed by atoms with Gasteiger partial charge < -0.3 is 10.3 Å². The first kappa shape index (κ1) is 11.2. The van der Waals surface area contributed by atoms with Gasteiger partial charge in [0.15, 0.2) is 0 Å². The van der Waals surface area contributed by atoms with Crippen LogP contribution in [0.2, 0.25) is 0 Å². The van der Waals surface area contributed by atoms with E-state index in [2.05, 4.69) is 9.53 Å². The zero-order valence-electron chi connectivity index (χ0n) is 6.41. The van der Waals surface area contributed by atoms with E-state index in [1.807, 2.05) is 0 Å².